The molecule has 5 rings (SSSR count). The largest absolute Gasteiger partial charge is 0.336 e. The minimum Gasteiger partial charge on any atom is -0.336 e. The van der Waals surface area contributed by atoms with Gasteiger partial charge in [0.25, 0.3) is 0 Å². The Hall–Kier alpha value is -3.40. The molecular weight excluding hydrogens is 462 g/mol. The molecule has 2 heterocycles. The molecule has 0 saturated heterocycles. The van der Waals surface area contributed by atoms with Gasteiger partial charge in [0, 0.05) is 27.4 Å². The Morgan fingerprint density at radius 1 is 0.743 bits per heavy atom. The monoisotopic (exact) mass is 493 g/mol. The molecule has 176 valence electrons. The van der Waals surface area contributed by atoms with Crippen molar-refractivity contribution in [2.75, 3.05) is 11.9 Å². The standard InChI is InChI=1S/C30H25NS2.C2H6/c1-4-5-10-22-12-9-16-26(21(22)2)31(3)30-20-19-29(33-30)28-18-17-27(32-28)25-15-8-13-23-11-6-7-14-24(23)25;1-2/h4-20H,1H2,2-3H3;1-2H3/b10-5-;. The minimum absolute atomic E-state index is 1.22. The van der Waals surface area contributed by atoms with Crippen molar-refractivity contribution >= 4 is 50.2 Å². The van der Waals surface area contributed by atoms with Gasteiger partial charge in [0.1, 0.15) is 0 Å². The number of hydrogen-bond donors (Lipinski definition) is 0. The maximum atomic E-state index is 3.78. The summed E-state index contributed by atoms with van der Waals surface area (Å²) in [6, 6.07) is 30.6. The molecule has 0 amide bonds. The van der Waals surface area contributed by atoms with Crippen molar-refractivity contribution in [2.45, 2.75) is 20.8 Å². The maximum absolute atomic E-state index is 3.78. The van der Waals surface area contributed by atoms with E-state index < -0.39 is 0 Å². The van der Waals surface area contributed by atoms with Crippen LogP contribution in [0.15, 0.2) is 104 Å². The summed E-state index contributed by atoms with van der Waals surface area (Å²) in [5.74, 6) is 0. The predicted molar refractivity (Wildman–Crippen MR) is 160 cm³/mol. The van der Waals surface area contributed by atoms with Gasteiger partial charge in [-0.2, -0.15) is 0 Å². The first-order valence-corrected chi connectivity index (χ1v) is 13.6. The van der Waals surface area contributed by atoms with E-state index in [4.69, 9.17) is 0 Å². The van der Waals surface area contributed by atoms with Crippen molar-refractivity contribution in [1.29, 1.82) is 0 Å². The number of thiophene rings is 2. The van der Waals surface area contributed by atoms with Gasteiger partial charge in [-0.3, -0.25) is 0 Å². The maximum Gasteiger partial charge on any atom is 0.0957 e. The zero-order valence-electron chi connectivity index (χ0n) is 20.8. The number of hydrogen-bond acceptors (Lipinski definition) is 3. The molecule has 0 spiro atoms. The van der Waals surface area contributed by atoms with E-state index >= 15 is 0 Å². The number of fused-ring (bicyclic) bond motifs is 1. The van der Waals surface area contributed by atoms with E-state index in [9.17, 15) is 0 Å². The van der Waals surface area contributed by atoms with E-state index in [1.165, 1.54) is 52.8 Å². The molecule has 0 atom stereocenters. The Morgan fingerprint density at radius 2 is 1.43 bits per heavy atom. The van der Waals surface area contributed by atoms with Gasteiger partial charge in [-0.05, 0) is 64.7 Å². The van der Waals surface area contributed by atoms with Gasteiger partial charge in [0.05, 0.1) is 5.00 Å². The molecule has 0 aliphatic heterocycles. The van der Waals surface area contributed by atoms with Crippen molar-refractivity contribution in [3.63, 3.8) is 0 Å². The van der Waals surface area contributed by atoms with Crippen LogP contribution in [0, 0.1) is 6.92 Å². The molecule has 0 aliphatic carbocycles. The van der Waals surface area contributed by atoms with E-state index in [0.29, 0.717) is 0 Å². The van der Waals surface area contributed by atoms with Crippen LogP contribution in [0.3, 0.4) is 0 Å². The summed E-state index contributed by atoms with van der Waals surface area (Å²) in [5.41, 5.74) is 5.01. The number of nitrogens with zero attached hydrogens (tertiary/aromatic N) is 1. The van der Waals surface area contributed by atoms with E-state index in [2.05, 4.69) is 116 Å². The van der Waals surface area contributed by atoms with E-state index in [1.807, 2.05) is 48.7 Å². The molecule has 3 aromatic carbocycles. The highest BCUT2D eigenvalue weighted by atomic mass is 32.1. The zero-order valence-corrected chi connectivity index (χ0v) is 22.4. The molecule has 3 heteroatoms. The SMILES string of the molecule is C=C/C=C\c1cccc(N(C)c2ccc(-c3ccc(-c4cccc5ccccc45)s3)s2)c1C.CC. The molecule has 5 aromatic rings. The second-order valence-corrected chi connectivity index (χ2v) is 10.1. The first-order valence-electron chi connectivity index (χ1n) is 12.0. The summed E-state index contributed by atoms with van der Waals surface area (Å²) in [5, 5.41) is 3.82. The van der Waals surface area contributed by atoms with Crippen molar-refractivity contribution in [3.8, 4) is 20.2 Å². The lowest BCUT2D eigenvalue weighted by molar-refractivity contribution is 1.21. The van der Waals surface area contributed by atoms with Gasteiger partial charge in [0.15, 0.2) is 0 Å². The van der Waals surface area contributed by atoms with Crippen LogP contribution in [0.1, 0.15) is 25.0 Å². The van der Waals surface area contributed by atoms with Crippen molar-refractivity contribution in [1.82, 2.24) is 0 Å². The smallest absolute Gasteiger partial charge is 0.0957 e. The Labute approximate surface area is 217 Å². The fourth-order valence-corrected chi connectivity index (χ4v) is 6.29. The molecule has 0 bridgehead atoms. The van der Waals surface area contributed by atoms with E-state index in [0.717, 1.165) is 0 Å². The van der Waals surface area contributed by atoms with Crippen LogP contribution in [0.25, 0.3) is 37.0 Å². The van der Waals surface area contributed by atoms with Gasteiger partial charge in [-0.15, -0.1) is 22.7 Å². The summed E-state index contributed by atoms with van der Waals surface area (Å²) >= 11 is 3.70. The topological polar surface area (TPSA) is 3.24 Å². The first kappa shape index (κ1) is 24.7. The summed E-state index contributed by atoms with van der Waals surface area (Å²) in [4.78, 5) is 6.20. The van der Waals surface area contributed by atoms with Crippen molar-refractivity contribution < 1.29 is 0 Å². The van der Waals surface area contributed by atoms with Gasteiger partial charge >= 0.3 is 0 Å². The first-order chi connectivity index (χ1) is 17.2. The fourth-order valence-electron chi connectivity index (χ4n) is 4.17. The Kier molecular flexibility index (Phi) is 8.02. The van der Waals surface area contributed by atoms with Crippen LogP contribution in [0.4, 0.5) is 10.7 Å². The van der Waals surface area contributed by atoms with Crippen LogP contribution in [-0.4, -0.2) is 7.05 Å². The number of benzene rings is 3. The van der Waals surface area contributed by atoms with Crippen molar-refractivity contribution in [3.05, 3.63) is 115 Å². The molecule has 2 aromatic heterocycles. The summed E-state index contributed by atoms with van der Waals surface area (Å²) in [6.07, 6.45) is 5.91. The van der Waals surface area contributed by atoms with Crippen LogP contribution < -0.4 is 4.90 Å². The lowest BCUT2D eigenvalue weighted by Crippen LogP contribution is -2.09. The highest BCUT2D eigenvalue weighted by Crippen LogP contribution is 2.43. The van der Waals surface area contributed by atoms with Crippen molar-refractivity contribution in [2.24, 2.45) is 0 Å². The number of allylic oxidation sites excluding steroid dienone is 2. The van der Waals surface area contributed by atoms with Gasteiger partial charge < -0.3 is 4.90 Å². The normalized spacial score (nSPS) is 10.9. The number of anilines is 2. The number of rotatable bonds is 6. The molecule has 0 aliphatic rings. The summed E-state index contributed by atoms with van der Waals surface area (Å²) in [6.45, 7) is 9.96. The average molecular weight is 494 g/mol. The third kappa shape index (κ3) is 5.17. The average Bonchev–Trinajstić information content (AvgIpc) is 3.59. The van der Waals surface area contributed by atoms with Gasteiger partial charge in [0.2, 0.25) is 0 Å². The Balaban J connectivity index is 0.00000141. The van der Waals surface area contributed by atoms with Gasteiger partial charge in [-0.25, -0.2) is 0 Å². The Morgan fingerprint density at radius 3 is 2.26 bits per heavy atom. The summed E-state index contributed by atoms with van der Waals surface area (Å²) in [7, 11) is 2.15. The quantitative estimate of drug-likeness (QED) is 0.213. The third-order valence-electron chi connectivity index (χ3n) is 5.95. The highest BCUT2D eigenvalue weighted by Gasteiger charge is 2.14. The van der Waals surface area contributed by atoms with Crippen LogP contribution in [0.2, 0.25) is 0 Å². The molecular formula is C32H31NS2. The predicted octanol–water partition coefficient (Wildman–Crippen LogP) is 10.6. The summed E-state index contributed by atoms with van der Waals surface area (Å²) < 4.78 is 0. The molecule has 0 unspecified atom stereocenters. The van der Waals surface area contributed by atoms with Crippen LogP contribution in [-0.2, 0) is 0 Å². The zero-order chi connectivity index (χ0) is 24.8. The molecule has 0 saturated carbocycles. The molecule has 0 N–H and O–H groups in total. The van der Waals surface area contributed by atoms with E-state index in [1.54, 1.807) is 0 Å². The van der Waals surface area contributed by atoms with Crippen LogP contribution >= 0.6 is 22.7 Å². The van der Waals surface area contributed by atoms with Crippen LogP contribution in [0.5, 0.6) is 0 Å². The molecule has 35 heavy (non-hydrogen) atoms. The minimum atomic E-state index is 1.22. The van der Waals surface area contributed by atoms with E-state index in [-0.39, 0.29) is 0 Å². The fraction of sp³-hybridized carbons (Fsp3) is 0.125. The molecule has 1 nitrogen and oxygen atoms in total. The second-order valence-electron chi connectivity index (χ2n) is 7.97. The molecule has 0 radical (unpaired) electrons. The second kappa shape index (κ2) is 11.4. The van der Waals surface area contributed by atoms with Gasteiger partial charge in [-0.1, -0.05) is 93.3 Å². The molecule has 0 fully saturated rings. The lowest BCUT2D eigenvalue weighted by atomic mass is 10.0. The Bertz CT molecular complexity index is 1460. The third-order valence-corrected chi connectivity index (χ3v) is 8.42. The highest BCUT2D eigenvalue weighted by molar-refractivity contribution is 7.25. The lowest BCUT2D eigenvalue weighted by Gasteiger charge is -2.20.